The van der Waals surface area contributed by atoms with Crippen molar-refractivity contribution in [2.45, 2.75) is 6.42 Å². The monoisotopic (exact) mass is 656 g/mol. The number of oxazole rings is 1. The standard InChI is InChI=1S/C46H28N2OS/c1-2-8-30(9-3-1)46-47-41-22-18-29-15-14-28-16-19-34(26-39(28)44(29)45(41)49-46)48(33-20-17-32-24-31-10-4-5-11-36(31)38(32)25-33)35-21-23-43-40(27-35)37-12-6-7-13-42(37)50-43/h1-23,25-27H,24H2. The van der Waals surface area contributed by atoms with E-state index in [1.54, 1.807) is 0 Å². The second-order valence-electron chi connectivity index (χ2n) is 13.2. The summed E-state index contributed by atoms with van der Waals surface area (Å²) >= 11 is 1.85. The fourth-order valence-electron chi connectivity index (χ4n) is 7.90. The van der Waals surface area contributed by atoms with Crippen LogP contribution in [-0.4, -0.2) is 4.98 Å². The molecule has 0 bridgehead atoms. The summed E-state index contributed by atoms with van der Waals surface area (Å²) < 4.78 is 9.19. The Kier molecular flexibility index (Phi) is 5.89. The van der Waals surface area contributed by atoms with Gasteiger partial charge in [-0.25, -0.2) is 4.98 Å². The summed E-state index contributed by atoms with van der Waals surface area (Å²) in [5.74, 6) is 0.637. The Morgan fingerprint density at radius 1 is 0.520 bits per heavy atom. The Morgan fingerprint density at radius 3 is 2.14 bits per heavy atom. The van der Waals surface area contributed by atoms with Crippen molar-refractivity contribution in [2.75, 3.05) is 4.90 Å². The number of hydrogen-bond donors (Lipinski definition) is 0. The van der Waals surface area contributed by atoms with Crippen LogP contribution in [0.15, 0.2) is 162 Å². The zero-order valence-corrected chi connectivity index (χ0v) is 27.7. The van der Waals surface area contributed by atoms with Crippen LogP contribution in [0.1, 0.15) is 11.1 Å². The number of fused-ring (bicyclic) bond motifs is 11. The first-order chi connectivity index (χ1) is 24.7. The minimum Gasteiger partial charge on any atom is -0.435 e. The van der Waals surface area contributed by atoms with Gasteiger partial charge in [-0.2, -0.15) is 0 Å². The maximum atomic E-state index is 6.59. The number of benzene rings is 8. The van der Waals surface area contributed by atoms with E-state index in [4.69, 9.17) is 9.40 Å². The molecule has 0 saturated carbocycles. The number of rotatable bonds is 4. The quantitative estimate of drug-likeness (QED) is 0.177. The lowest BCUT2D eigenvalue weighted by Gasteiger charge is -2.27. The van der Waals surface area contributed by atoms with Crippen LogP contribution in [0.3, 0.4) is 0 Å². The van der Waals surface area contributed by atoms with Gasteiger partial charge in [0, 0.05) is 48.2 Å². The fourth-order valence-corrected chi connectivity index (χ4v) is 8.99. The van der Waals surface area contributed by atoms with Gasteiger partial charge in [-0.1, -0.05) is 91.0 Å². The van der Waals surface area contributed by atoms with Crippen molar-refractivity contribution < 1.29 is 4.42 Å². The molecule has 0 amide bonds. The van der Waals surface area contributed by atoms with Gasteiger partial charge in [0.25, 0.3) is 0 Å². The van der Waals surface area contributed by atoms with Crippen molar-refractivity contribution in [3.63, 3.8) is 0 Å². The van der Waals surface area contributed by atoms with Gasteiger partial charge in [-0.05, 0) is 112 Å². The van der Waals surface area contributed by atoms with Gasteiger partial charge in [0.1, 0.15) is 5.52 Å². The molecule has 0 aliphatic heterocycles. The van der Waals surface area contributed by atoms with E-state index in [1.165, 1.54) is 42.4 Å². The molecular weight excluding hydrogens is 629 g/mol. The normalized spacial score (nSPS) is 12.3. The number of aromatic nitrogens is 1. The van der Waals surface area contributed by atoms with E-state index in [2.05, 4.69) is 132 Å². The summed E-state index contributed by atoms with van der Waals surface area (Å²) in [6.07, 6.45) is 0.971. The maximum absolute atomic E-state index is 6.59. The summed E-state index contributed by atoms with van der Waals surface area (Å²) in [5, 5.41) is 7.09. The molecule has 2 heterocycles. The molecule has 0 unspecified atom stereocenters. The summed E-state index contributed by atoms with van der Waals surface area (Å²) in [6.45, 7) is 0. The first-order valence-electron chi connectivity index (χ1n) is 17.0. The van der Waals surface area contributed by atoms with Crippen LogP contribution in [0, 0.1) is 0 Å². The van der Waals surface area contributed by atoms with E-state index in [1.807, 2.05) is 41.7 Å². The molecule has 0 atom stereocenters. The zero-order valence-electron chi connectivity index (χ0n) is 26.9. The van der Waals surface area contributed by atoms with Crippen molar-refractivity contribution in [2.24, 2.45) is 0 Å². The molecule has 8 aromatic carbocycles. The van der Waals surface area contributed by atoms with Gasteiger partial charge < -0.3 is 9.32 Å². The van der Waals surface area contributed by atoms with E-state index in [9.17, 15) is 0 Å². The number of thiophene rings is 1. The molecule has 234 valence electrons. The van der Waals surface area contributed by atoms with Crippen molar-refractivity contribution >= 4 is 81.2 Å². The molecule has 3 nitrogen and oxygen atoms in total. The molecule has 0 N–H and O–H groups in total. The van der Waals surface area contributed by atoms with E-state index < -0.39 is 0 Å². The Labute approximate surface area is 292 Å². The van der Waals surface area contributed by atoms with Crippen LogP contribution in [-0.2, 0) is 6.42 Å². The Hall–Kier alpha value is -6.23. The molecular formula is C46H28N2OS. The van der Waals surface area contributed by atoms with E-state index >= 15 is 0 Å². The van der Waals surface area contributed by atoms with E-state index in [0.29, 0.717) is 5.89 Å². The molecule has 50 heavy (non-hydrogen) atoms. The molecule has 1 aliphatic carbocycles. The lowest BCUT2D eigenvalue weighted by molar-refractivity contribution is 0.623. The highest BCUT2D eigenvalue weighted by atomic mass is 32.1. The minimum absolute atomic E-state index is 0.637. The second kappa shape index (κ2) is 10.6. The van der Waals surface area contributed by atoms with E-state index in [0.717, 1.165) is 61.7 Å². The van der Waals surface area contributed by atoms with Gasteiger partial charge in [-0.3, -0.25) is 0 Å². The first-order valence-corrected chi connectivity index (χ1v) is 17.8. The lowest BCUT2D eigenvalue weighted by atomic mass is 9.99. The van der Waals surface area contributed by atoms with Gasteiger partial charge in [-0.15, -0.1) is 11.3 Å². The summed E-state index contributed by atoms with van der Waals surface area (Å²) in [4.78, 5) is 7.33. The zero-order chi connectivity index (χ0) is 32.8. The smallest absolute Gasteiger partial charge is 0.227 e. The van der Waals surface area contributed by atoms with Crippen molar-refractivity contribution in [3.8, 4) is 22.6 Å². The lowest BCUT2D eigenvalue weighted by Crippen LogP contribution is -2.10. The van der Waals surface area contributed by atoms with Crippen LogP contribution >= 0.6 is 11.3 Å². The van der Waals surface area contributed by atoms with Crippen molar-refractivity contribution in [1.82, 2.24) is 4.98 Å². The van der Waals surface area contributed by atoms with E-state index in [-0.39, 0.29) is 0 Å². The topological polar surface area (TPSA) is 29.3 Å². The summed E-state index contributed by atoms with van der Waals surface area (Å²) in [7, 11) is 0. The third kappa shape index (κ3) is 4.19. The fraction of sp³-hybridized carbons (Fsp3) is 0.0217. The molecule has 0 saturated heterocycles. The Morgan fingerprint density at radius 2 is 1.20 bits per heavy atom. The highest BCUT2D eigenvalue weighted by Crippen LogP contribution is 2.45. The van der Waals surface area contributed by atoms with Gasteiger partial charge >= 0.3 is 0 Å². The second-order valence-corrected chi connectivity index (χ2v) is 14.2. The maximum Gasteiger partial charge on any atom is 0.227 e. The van der Waals surface area contributed by atoms with Crippen molar-refractivity contribution in [3.05, 3.63) is 169 Å². The number of nitrogens with zero attached hydrogens (tertiary/aromatic N) is 2. The molecule has 0 fully saturated rings. The number of hydrogen-bond acceptors (Lipinski definition) is 4. The highest BCUT2D eigenvalue weighted by Gasteiger charge is 2.22. The number of anilines is 3. The van der Waals surface area contributed by atoms with Crippen LogP contribution in [0.25, 0.3) is 75.4 Å². The average Bonchev–Trinajstić information content (AvgIpc) is 3.88. The third-order valence-corrected chi connectivity index (χ3v) is 11.4. The summed E-state index contributed by atoms with van der Waals surface area (Å²) in [5.41, 5.74) is 11.4. The molecule has 0 spiro atoms. The predicted octanol–water partition coefficient (Wildman–Crippen LogP) is 13.2. The van der Waals surface area contributed by atoms with Crippen LogP contribution < -0.4 is 4.90 Å². The third-order valence-electron chi connectivity index (χ3n) is 10.3. The molecule has 1 aliphatic rings. The van der Waals surface area contributed by atoms with Crippen molar-refractivity contribution in [1.29, 1.82) is 0 Å². The average molecular weight is 657 g/mol. The van der Waals surface area contributed by atoms with Crippen LogP contribution in [0.5, 0.6) is 0 Å². The van der Waals surface area contributed by atoms with Gasteiger partial charge in [0.05, 0.1) is 0 Å². The minimum atomic E-state index is 0.637. The highest BCUT2D eigenvalue weighted by molar-refractivity contribution is 7.25. The van der Waals surface area contributed by atoms with Gasteiger partial charge in [0.15, 0.2) is 5.58 Å². The Bertz CT molecular complexity index is 2970. The SMILES string of the molecule is c1ccc(-c2nc3ccc4ccc5ccc(N(c6ccc7c(c6)-c6ccccc6C7)c6ccc7sc8ccccc8c7c6)cc5c4c3o2)cc1. The first kappa shape index (κ1) is 27.7. The molecule has 0 radical (unpaired) electrons. The van der Waals surface area contributed by atoms with Crippen LogP contribution in [0.2, 0.25) is 0 Å². The molecule has 11 rings (SSSR count). The molecule has 2 aromatic heterocycles. The van der Waals surface area contributed by atoms with Crippen LogP contribution in [0.4, 0.5) is 17.1 Å². The van der Waals surface area contributed by atoms with Gasteiger partial charge in [0.2, 0.25) is 5.89 Å². The largest absolute Gasteiger partial charge is 0.435 e. The summed E-state index contributed by atoms with van der Waals surface area (Å²) in [6, 6.07) is 57.0. The molecule has 4 heteroatoms. The Balaban J connectivity index is 1.16. The molecule has 10 aromatic rings. The predicted molar refractivity (Wildman–Crippen MR) is 210 cm³/mol.